The number of unbranched alkanes of at least 4 members (excludes halogenated alkanes) is 5. The molecule has 0 aromatic carbocycles. The first-order valence-corrected chi connectivity index (χ1v) is 8.10. The third-order valence-corrected chi connectivity index (χ3v) is 3.97. The van der Waals surface area contributed by atoms with Gasteiger partial charge in [-0.2, -0.15) is 0 Å². The number of anilines is 2. The first-order valence-electron chi connectivity index (χ1n) is 8.10. The van der Waals surface area contributed by atoms with Crippen LogP contribution in [0.2, 0.25) is 0 Å². The second kappa shape index (κ2) is 7.46. The number of nitrogens with one attached hydrogen (secondary N) is 1. The van der Waals surface area contributed by atoms with Crippen LogP contribution in [0.5, 0.6) is 0 Å². The van der Waals surface area contributed by atoms with E-state index in [0.29, 0.717) is 11.7 Å². The van der Waals surface area contributed by atoms with Crippen LogP contribution in [0.3, 0.4) is 0 Å². The predicted octanol–water partition coefficient (Wildman–Crippen LogP) is 4.02. The van der Waals surface area contributed by atoms with Crippen molar-refractivity contribution in [3.05, 3.63) is 11.4 Å². The topological polar surface area (TPSA) is 63.8 Å². The summed E-state index contributed by atoms with van der Waals surface area (Å²) in [6, 6.07) is 0. The molecular weight excluding hydrogens is 248 g/mol. The fraction of sp³-hybridized carbons (Fsp3) is 0.750. The lowest BCUT2D eigenvalue weighted by Gasteiger charge is -2.11. The van der Waals surface area contributed by atoms with Crippen LogP contribution in [-0.4, -0.2) is 16.5 Å². The minimum atomic E-state index is 0.549. The summed E-state index contributed by atoms with van der Waals surface area (Å²) in [5.74, 6) is 3.05. The zero-order valence-corrected chi connectivity index (χ0v) is 12.9. The van der Waals surface area contributed by atoms with Crippen molar-refractivity contribution in [2.45, 2.75) is 71.1 Å². The summed E-state index contributed by atoms with van der Waals surface area (Å²) < 4.78 is 0. The van der Waals surface area contributed by atoms with Gasteiger partial charge in [-0.3, -0.25) is 0 Å². The maximum atomic E-state index is 5.98. The van der Waals surface area contributed by atoms with Gasteiger partial charge in [-0.1, -0.05) is 39.0 Å². The van der Waals surface area contributed by atoms with Gasteiger partial charge in [-0.05, 0) is 26.2 Å². The Bertz CT molecular complexity index is 427. The number of hydrogen-bond acceptors (Lipinski definition) is 4. The molecule has 4 heteroatoms. The molecule has 1 aliphatic carbocycles. The first kappa shape index (κ1) is 15.1. The molecule has 0 atom stereocenters. The van der Waals surface area contributed by atoms with Crippen molar-refractivity contribution in [3.63, 3.8) is 0 Å². The van der Waals surface area contributed by atoms with Gasteiger partial charge in [-0.25, -0.2) is 9.97 Å². The molecule has 1 aromatic rings. The van der Waals surface area contributed by atoms with Gasteiger partial charge >= 0.3 is 0 Å². The Labute approximate surface area is 122 Å². The van der Waals surface area contributed by atoms with Crippen molar-refractivity contribution in [1.29, 1.82) is 0 Å². The van der Waals surface area contributed by atoms with E-state index in [0.717, 1.165) is 23.8 Å². The quantitative estimate of drug-likeness (QED) is 0.669. The van der Waals surface area contributed by atoms with Crippen molar-refractivity contribution >= 4 is 11.6 Å². The molecule has 4 nitrogen and oxygen atoms in total. The van der Waals surface area contributed by atoms with Gasteiger partial charge in [0.1, 0.15) is 17.5 Å². The monoisotopic (exact) mass is 276 g/mol. The lowest BCUT2D eigenvalue weighted by molar-refractivity contribution is 0.616. The lowest BCUT2D eigenvalue weighted by Crippen LogP contribution is -2.10. The molecule has 0 radical (unpaired) electrons. The van der Waals surface area contributed by atoms with E-state index in [9.17, 15) is 0 Å². The summed E-state index contributed by atoms with van der Waals surface area (Å²) in [7, 11) is 0. The third-order valence-electron chi connectivity index (χ3n) is 3.97. The van der Waals surface area contributed by atoms with Crippen LogP contribution < -0.4 is 11.1 Å². The highest BCUT2D eigenvalue weighted by Gasteiger charge is 2.27. The van der Waals surface area contributed by atoms with E-state index in [-0.39, 0.29) is 0 Å². The third kappa shape index (κ3) is 4.36. The largest absolute Gasteiger partial charge is 0.383 e. The number of nitrogen functional groups attached to an aromatic ring is 1. The predicted molar refractivity (Wildman–Crippen MR) is 85.0 cm³/mol. The molecule has 0 unspecified atom stereocenters. The van der Waals surface area contributed by atoms with Crippen molar-refractivity contribution in [2.75, 3.05) is 17.6 Å². The normalized spacial score (nSPS) is 14.5. The standard InChI is InChI=1S/C16H28N4/c1-3-4-5-6-7-8-11-18-15-12(2)14(17)19-16(20-15)13-9-10-13/h13H,3-11H2,1-2H3,(H3,17,18,19,20). The van der Waals surface area contributed by atoms with Gasteiger partial charge in [0, 0.05) is 18.0 Å². The molecule has 0 spiro atoms. The highest BCUT2D eigenvalue weighted by atomic mass is 15.1. The van der Waals surface area contributed by atoms with E-state index in [1.165, 1.54) is 51.4 Å². The smallest absolute Gasteiger partial charge is 0.136 e. The van der Waals surface area contributed by atoms with Gasteiger partial charge in [0.2, 0.25) is 0 Å². The van der Waals surface area contributed by atoms with E-state index in [4.69, 9.17) is 5.73 Å². The summed E-state index contributed by atoms with van der Waals surface area (Å²) in [5.41, 5.74) is 6.97. The maximum Gasteiger partial charge on any atom is 0.136 e. The fourth-order valence-corrected chi connectivity index (χ4v) is 2.36. The van der Waals surface area contributed by atoms with Crippen molar-refractivity contribution in [1.82, 2.24) is 9.97 Å². The molecule has 20 heavy (non-hydrogen) atoms. The molecule has 1 saturated carbocycles. The Morgan fingerprint density at radius 1 is 1.10 bits per heavy atom. The molecule has 2 rings (SSSR count). The summed E-state index contributed by atoms with van der Waals surface area (Å²) in [5, 5.41) is 3.44. The second-order valence-corrected chi connectivity index (χ2v) is 5.91. The molecule has 1 heterocycles. The molecule has 0 saturated heterocycles. The number of nitrogens with zero attached hydrogens (tertiary/aromatic N) is 2. The van der Waals surface area contributed by atoms with Crippen LogP contribution in [0.15, 0.2) is 0 Å². The molecule has 1 fully saturated rings. The van der Waals surface area contributed by atoms with E-state index in [2.05, 4.69) is 22.2 Å². The minimum Gasteiger partial charge on any atom is -0.383 e. The first-order chi connectivity index (χ1) is 9.72. The Hall–Kier alpha value is -1.32. The minimum absolute atomic E-state index is 0.549. The van der Waals surface area contributed by atoms with Gasteiger partial charge in [0.15, 0.2) is 0 Å². The lowest BCUT2D eigenvalue weighted by atomic mass is 10.1. The second-order valence-electron chi connectivity index (χ2n) is 5.91. The van der Waals surface area contributed by atoms with Gasteiger partial charge in [0.05, 0.1) is 0 Å². The van der Waals surface area contributed by atoms with Crippen LogP contribution in [0.4, 0.5) is 11.6 Å². The molecule has 0 amide bonds. The van der Waals surface area contributed by atoms with Crippen molar-refractivity contribution in [3.8, 4) is 0 Å². The van der Waals surface area contributed by atoms with Crippen LogP contribution in [0.1, 0.15) is 75.6 Å². The number of nitrogens with two attached hydrogens (primary N) is 1. The highest BCUT2D eigenvalue weighted by Crippen LogP contribution is 2.39. The Kier molecular flexibility index (Phi) is 5.62. The fourth-order valence-electron chi connectivity index (χ4n) is 2.36. The highest BCUT2D eigenvalue weighted by molar-refractivity contribution is 5.55. The summed E-state index contributed by atoms with van der Waals surface area (Å²) in [6.45, 7) is 5.23. The SMILES string of the molecule is CCCCCCCCNc1nc(C2CC2)nc(N)c1C. The van der Waals surface area contributed by atoms with E-state index in [1.54, 1.807) is 0 Å². The number of hydrogen-bond donors (Lipinski definition) is 2. The van der Waals surface area contributed by atoms with Crippen LogP contribution in [0.25, 0.3) is 0 Å². The molecule has 112 valence electrons. The molecule has 0 bridgehead atoms. The zero-order valence-electron chi connectivity index (χ0n) is 12.9. The van der Waals surface area contributed by atoms with E-state index >= 15 is 0 Å². The Morgan fingerprint density at radius 2 is 1.80 bits per heavy atom. The van der Waals surface area contributed by atoms with Crippen molar-refractivity contribution in [2.24, 2.45) is 0 Å². The average Bonchev–Trinajstić information content (AvgIpc) is 3.26. The number of rotatable bonds is 9. The Balaban J connectivity index is 1.77. The van der Waals surface area contributed by atoms with Gasteiger partial charge < -0.3 is 11.1 Å². The maximum absolute atomic E-state index is 5.98. The van der Waals surface area contributed by atoms with Crippen LogP contribution in [-0.2, 0) is 0 Å². The summed E-state index contributed by atoms with van der Waals surface area (Å²) in [6.07, 6.45) is 10.3. The Morgan fingerprint density at radius 3 is 2.50 bits per heavy atom. The zero-order chi connectivity index (χ0) is 14.4. The van der Waals surface area contributed by atoms with E-state index < -0.39 is 0 Å². The molecule has 3 N–H and O–H groups in total. The molecule has 1 aromatic heterocycles. The summed E-state index contributed by atoms with van der Waals surface area (Å²) in [4.78, 5) is 9.04. The van der Waals surface area contributed by atoms with E-state index in [1.807, 2.05) is 6.92 Å². The summed E-state index contributed by atoms with van der Waals surface area (Å²) >= 11 is 0. The van der Waals surface area contributed by atoms with Gasteiger partial charge in [0.25, 0.3) is 0 Å². The van der Waals surface area contributed by atoms with Crippen LogP contribution >= 0.6 is 0 Å². The molecule has 1 aliphatic rings. The molecule has 0 aliphatic heterocycles. The van der Waals surface area contributed by atoms with Gasteiger partial charge in [-0.15, -0.1) is 0 Å². The number of aromatic nitrogens is 2. The van der Waals surface area contributed by atoms with Crippen LogP contribution in [0, 0.1) is 6.92 Å². The van der Waals surface area contributed by atoms with Crippen molar-refractivity contribution < 1.29 is 0 Å². The molecular formula is C16H28N4. The average molecular weight is 276 g/mol.